The lowest BCUT2D eigenvalue weighted by molar-refractivity contribution is 0.660. The smallest absolute Gasteiger partial charge is 0.0465 e. The van der Waals surface area contributed by atoms with Gasteiger partial charge in [0.25, 0.3) is 0 Å². The Balaban J connectivity index is 1.18. The molecule has 46 heavy (non-hydrogen) atoms. The van der Waals surface area contributed by atoms with Crippen LogP contribution in [0.3, 0.4) is 0 Å². The van der Waals surface area contributed by atoms with E-state index in [1.54, 1.807) is 0 Å². The first-order valence-electron chi connectivity index (χ1n) is 16.0. The largest absolute Gasteiger partial charge is 0.310 e. The molecule has 0 saturated heterocycles. The zero-order valence-corrected chi connectivity index (χ0v) is 26.2. The van der Waals surface area contributed by atoms with Crippen molar-refractivity contribution in [1.29, 1.82) is 0 Å². The van der Waals surface area contributed by atoms with E-state index in [1.165, 1.54) is 55.6 Å². The Morgan fingerprint density at radius 1 is 0.326 bits per heavy atom. The van der Waals surface area contributed by atoms with Crippen molar-refractivity contribution < 1.29 is 0 Å². The van der Waals surface area contributed by atoms with Crippen molar-refractivity contribution >= 4 is 17.1 Å². The van der Waals surface area contributed by atoms with Gasteiger partial charge in [-0.3, -0.25) is 0 Å². The lowest BCUT2D eigenvalue weighted by atomic mass is 9.82. The summed E-state index contributed by atoms with van der Waals surface area (Å²) in [4.78, 5) is 2.39. The summed E-state index contributed by atoms with van der Waals surface area (Å²) < 4.78 is 0. The summed E-state index contributed by atoms with van der Waals surface area (Å²) in [6, 6.07) is 63.7. The lowest BCUT2D eigenvalue weighted by Gasteiger charge is -2.28. The van der Waals surface area contributed by atoms with E-state index in [9.17, 15) is 0 Å². The summed E-state index contributed by atoms with van der Waals surface area (Å²) in [6.45, 7) is 4.69. The number of hydrogen-bond donors (Lipinski definition) is 0. The predicted octanol–water partition coefficient (Wildman–Crippen LogP) is 12.5. The molecule has 220 valence electrons. The Labute approximate surface area is 272 Å². The topological polar surface area (TPSA) is 3.24 Å². The van der Waals surface area contributed by atoms with Crippen molar-refractivity contribution in [2.75, 3.05) is 4.90 Å². The maximum atomic E-state index is 2.40. The van der Waals surface area contributed by atoms with E-state index >= 15 is 0 Å². The van der Waals surface area contributed by atoms with Crippen molar-refractivity contribution in [2.24, 2.45) is 0 Å². The molecule has 7 aromatic carbocycles. The van der Waals surface area contributed by atoms with Crippen LogP contribution < -0.4 is 4.90 Å². The van der Waals surface area contributed by atoms with Crippen molar-refractivity contribution in [3.8, 4) is 44.5 Å². The highest BCUT2D eigenvalue weighted by Crippen LogP contribution is 2.50. The van der Waals surface area contributed by atoms with Gasteiger partial charge in [0.1, 0.15) is 0 Å². The van der Waals surface area contributed by atoms with Gasteiger partial charge in [-0.1, -0.05) is 153 Å². The van der Waals surface area contributed by atoms with Crippen LogP contribution in [0.5, 0.6) is 0 Å². The molecule has 1 aliphatic carbocycles. The molecule has 0 atom stereocenters. The summed E-state index contributed by atoms with van der Waals surface area (Å²) in [6.07, 6.45) is 0. The highest BCUT2D eigenvalue weighted by atomic mass is 15.1. The third kappa shape index (κ3) is 4.91. The van der Waals surface area contributed by atoms with Crippen molar-refractivity contribution in [1.82, 2.24) is 0 Å². The molecule has 7 aromatic rings. The molecule has 1 heteroatoms. The minimum Gasteiger partial charge on any atom is -0.310 e. The molecular weight excluding hydrogens is 555 g/mol. The monoisotopic (exact) mass is 589 g/mol. The lowest BCUT2D eigenvalue weighted by Crippen LogP contribution is -2.16. The van der Waals surface area contributed by atoms with E-state index in [2.05, 4.69) is 195 Å². The van der Waals surface area contributed by atoms with Gasteiger partial charge in [-0.2, -0.15) is 0 Å². The highest BCUT2D eigenvalue weighted by molar-refractivity contribution is 5.86. The molecule has 0 aliphatic heterocycles. The van der Waals surface area contributed by atoms with E-state index in [4.69, 9.17) is 0 Å². The Morgan fingerprint density at radius 3 is 1.20 bits per heavy atom. The first-order chi connectivity index (χ1) is 22.6. The summed E-state index contributed by atoms with van der Waals surface area (Å²) >= 11 is 0. The predicted molar refractivity (Wildman–Crippen MR) is 195 cm³/mol. The first kappa shape index (κ1) is 27.9. The first-order valence-corrected chi connectivity index (χ1v) is 16.0. The van der Waals surface area contributed by atoms with Crippen LogP contribution in [0.25, 0.3) is 44.5 Å². The highest BCUT2D eigenvalue weighted by Gasteiger charge is 2.35. The van der Waals surface area contributed by atoms with E-state index < -0.39 is 0 Å². The van der Waals surface area contributed by atoms with Crippen LogP contribution in [-0.2, 0) is 5.41 Å². The average Bonchev–Trinajstić information content (AvgIpc) is 3.35. The van der Waals surface area contributed by atoms with Crippen molar-refractivity contribution in [3.63, 3.8) is 0 Å². The second-order valence-electron chi connectivity index (χ2n) is 12.6. The minimum absolute atomic E-state index is 0.0689. The van der Waals surface area contributed by atoms with Crippen LogP contribution >= 0.6 is 0 Å². The van der Waals surface area contributed by atoms with Gasteiger partial charge in [-0.05, 0) is 92.0 Å². The molecule has 0 amide bonds. The molecule has 0 spiro atoms. The molecule has 0 bridgehead atoms. The van der Waals surface area contributed by atoms with Gasteiger partial charge < -0.3 is 4.90 Å². The van der Waals surface area contributed by atoms with Crippen LogP contribution in [0, 0.1) is 0 Å². The second-order valence-corrected chi connectivity index (χ2v) is 12.6. The zero-order chi connectivity index (χ0) is 31.1. The van der Waals surface area contributed by atoms with E-state index in [1.807, 2.05) is 0 Å². The molecule has 1 nitrogen and oxygen atoms in total. The zero-order valence-electron chi connectivity index (χ0n) is 26.2. The van der Waals surface area contributed by atoms with Gasteiger partial charge in [0.2, 0.25) is 0 Å². The maximum absolute atomic E-state index is 2.40. The fraction of sp³-hybridized carbons (Fsp3) is 0.0667. The minimum atomic E-state index is -0.0689. The average molecular weight is 590 g/mol. The van der Waals surface area contributed by atoms with Gasteiger partial charge in [0, 0.05) is 22.5 Å². The number of rotatable bonds is 6. The summed E-state index contributed by atoms with van der Waals surface area (Å²) in [5, 5.41) is 0. The van der Waals surface area contributed by atoms with Crippen LogP contribution in [0.1, 0.15) is 25.0 Å². The third-order valence-corrected chi connectivity index (χ3v) is 9.51. The van der Waals surface area contributed by atoms with E-state index in [-0.39, 0.29) is 5.41 Å². The van der Waals surface area contributed by atoms with Gasteiger partial charge in [0.05, 0.1) is 0 Å². The maximum Gasteiger partial charge on any atom is 0.0465 e. The molecule has 0 heterocycles. The van der Waals surface area contributed by atoms with E-state index in [0.717, 1.165) is 17.1 Å². The molecule has 0 unspecified atom stereocenters. The van der Waals surface area contributed by atoms with Crippen molar-refractivity contribution in [2.45, 2.75) is 19.3 Å². The Hall–Kier alpha value is -5.66. The van der Waals surface area contributed by atoms with Gasteiger partial charge >= 0.3 is 0 Å². The number of fused-ring (bicyclic) bond motifs is 3. The SMILES string of the molecule is CC1(C)c2ccccc2-c2ccc(N(c3ccc(-c4ccccc4)cc3)c3ccc(-c4ccc(-c5ccccc5)cc4)cc3)cc21. The van der Waals surface area contributed by atoms with Crippen LogP contribution in [0.4, 0.5) is 17.1 Å². The molecular formula is C45H35N. The molecule has 0 radical (unpaired) electrons. The van der Waals surface area contributed by atoms with Crippen molar-refractivity contribution in [3.05, 3.63) is 187 Å². The van der Waals surface area contributed by atoms with Crippen LogP contribution in [0.15, 0.2) is 176 Å². The number of nitrogens with zero attached hydrogens (tertiary/aromatic N) is 1. The third-order valence-electron chi connectivity index (χ3n) is 9.51. The summed E-state index contributed by atoms with van der Waals surface area (Å²) in [7, 11) is 0. The van der Waals surface area contributed by atoms with Gasteiger partial charge in [-0.25, -0.2) is 0 Å². The summed E-state index contributed by atoms with van der Waals surface area (Å²) in [5.74, 6) is 0. The van der Waals surface area contributed by atoms with Crippen LogP contribution in [0.2, 0.25) is 0 Å². The second kappa shape index (κ2) is 11.4. The normalized spacial score (nSPS) is 12.7. The van der Waals surface area contributed by atoms with Crippen LogP contribution in [-0.4, -0.2) is 0 Å². The molecule has 0 aromatic heterocycles. The molecule has 1 aliphatic rings. The fourth-order valence-electron chi connectivity index (χ4n) is 7.00. The Morgan fingerprint density at radius 2 is 0.696 bits per heavy atom. The number of anilines is 3. The quantitative estimate of drug-likeness (QED) is 0.186. The molecule has 0 saturated carbocycles. The van der Waals surface area contributed by atoms with Gasteiger partial charge in [-0.15, -0.1) is 0 Å². The molecule has 8 rings (SSSR count). The Kier molecular flexibility index (Phi) is 6.88. The number of benzene rings is 7. The standard InChI is InChI=1S/C45H35N/c1-45(2)43-16-10-9-15-41(43)42-30-29-40(31-44(42)45)46(38-25-21-36(22-26-38)33-13-7-4-8-14-33)39-27-23-37(24-28-39)35-19-17-34(18-20-35)32-11-5-3-6-12-32/h3-31H,1-2H3. The molecule has 0 N–H and O–H groups in total. The van der Waals surface area contributed by atoms with Gasteiger partial charge in [0.15, 0.2) is 0 Å². The van der Waals surface area contributed by atoms with E-state index in [0.29, 0.717) is 0 Å². The number of hydrogen-bond acceptors (Lipinski definition) is 1. The summed E-state index contributed by atoms with van der Waals surface area (Å²) in [5.41, 5.74) is 16.1. The fourth-order valence-corrected chi connectivity index (χ4v) is 7.00. The Bertz CT molecular complexity index is 2120. The molecule has 0 fully saturated rings.